The van der Waals surface area contributed by atoms with E-state index in [9.17, 15) is 0 Å². The molecule has 0 radical (unpaired) electrons. The summed E-state index contributed by atoms with van der Waals surface area (Å²) in [6.45, 7) is 4.39. The molecule has 0 spiro atoms. The third-order valence-electron chi connectivity index (χ3n) is 3.71. The van der Waals surface area contributed by atoms with Crippen molar-refractivity contribution in [3.8, 4) is 0 Å². The number of likely N-dealkylation sites (N-methyl/N-ethyl adjacent to an activating group) is 1. The highest BCUT2D eigenvalue weighted by Gasteiger charge is 2.25. The Labute approximate surface area is 94.1 Å². The Balaban J connectivity index is 2.35. The van der Waals surface area contributed by atoms with Gasteiger partial charge in [-0.05, 0) is 46.3 Å². The number of aliphatic hydroxyl groups excluding tert-OH is 1. The van der Waals surface area contributed by atoms with E-state index in [2.05, 4.69) is 30.8 Å². The smallest absolute Gasteiger partial charge is 0.0558 e. The van der Waals surface area contributed by atoms with Crippen LogP contribution in [0.4, 0.5) is 0 Å². The Bertz CT molecular complexity index is 165. The summed E-state index contributed by atoms with van der Waals surface area (Å²) in [5.74, 6) is 0. The summed E-state index contributed by atoms with van der Waals surface area (Å²) in [5.41, 5.74) is 0. The predicted molar refractivity (Wildman–Crippen MR) is 64.1 cm³/mol. The maximum Gasteiger partial charge on any atom is 0.0558 e. The minimum atomic E-state index is 0.293. The summed E-state index contributed by atoms with van der Waals surface area (Å²) in [4.78, 5) is 4.77. The SMILES string of the molecule is CCN(CCO)C1CCC(N(C)C)CC1. The molecule has 90 valence electrons. The van der Waals surface area contributed by atoms with E-state index in [1.165, 1.54) is 25.7 Å². The van der Waals surface area contributed by atoms with Crippen molar-refractivity contribution in [2.75, 3.05) is 33.8 Å². The average molecular weight is 214 g/mol. The van der Waals surface area contributed by atoms with Gasteiger partial charge in [0.15, 0.2) is 0 Å². The molecule has 0 unspecified atom stereocenters. The Hall–Kier alpha value is -0.120. The van der Waals surface area contributed by atoms with Gasteiger partial charge in [0.1, 0.15) is 0 Å². The average Bonchev–Trinajstić information content (AvgIpc) is 2.26. The number of nitrogens with zero attached hydrogens (tertiary/aromatic N) is 2. The molecule has 0 amide bonds. The van der Waals surface area contributed by atoms with Crippen LogP contribution >= 0.6 is 0 Å². The molecule has 1 fully saturated rings. The molecular weight excluding hydrogens is 188 g/mol. The summed E-state index contributed by atoms with van der Waals surface area (Å²) in [6.07, 6.45) is 5.19. The van der Waals surface area contributed by atoms with Gasteiger partial charge in [-0.3, -0.25) is 4.90 Å². The van der Waals surface area contributed by atoms with Gasteiger partial charge in [0.2, 0.25) is 0 Å². The lowest BCUT2D eigenvalue weighted by Crippen LogP contribution is -2.43. The molecule has 1 saturated carbocycles. The highest BCUT2D eigenvalue weighted by atomic mass is 16.3. The lowest BCUT2D eigenvalue weighted by molar-refractivity contribution is 0.103. The van der Waals surface area contributed by atoms with Crippen LogP contribution in [0.15, 0.2) is 0 Å². The molecular formula is C12H26N2O. The zero-order valence-corrected chi connectivity index (χ0v) is 10.4. The number of aliphatic hydroxyl groups is 1. The van der Waals surface area contributed by atoms with Crippen LogP contribution in [-0.2, 0) is 0 Å². The molecule has 1 aliphatic rings. The molecule has 0 saturated heterocycles. The van der Waals surface area contributed by atoms with Crippen LogP contribution in [-0.4, -0.2) is 60.8 Å². The van der Waals surface area contributed by atoms with Gasteiger partial charge in [-0.1, -0.05) is 6.92 Å². The lowest BCUT2D eigenvalue weighted by Gasteiger charge is -2.38. The highest BCUT2D eigenvalue weighted by Crippen LogP contribution is 2.25. The van der Waals surface area contributed by atoms with Crippen LogP contribution < -0.4 is 0 Å². The third-order valence-corrected chi connectivity index (χ3v) is 3.71. The van der Waals surface area contributed by atoms with E-state index < -0.39 is 0 Å². The van der Waals surface area contributed by atoms with Crippen molar-refractivity contribution in [1.82, 2.24) is 9.80 Å². The van der Waals surface area contributed by atoms with Gasteiger partial charge in [0.25, 0.3) is 0 Å². The fourth-order valence-electron chi connectivity index (χ4n) is 2.67. The summed E-state index contributed by atoms with van der Waals surface area (Å²) < 4.78 is 0. The van der Waals surface area contributed by atoms with Crippen LogP contribution in [0.2, 0.25) is 0 Å². The zero-order chi connectivity index (χ0) is 11.3. The summed E-state index contributed by atoms with van der Waals surface area (Å²) in [6, 6.07) is 1.48. The van der Waals surface area contributed by atoms with Gasteiger partial charge < -0.3 is 10.0 Å². The molecule has 1 aliphatic carbocycles. The second-order valence-electron chi connectivity index (χ2n) is 4.78. The minimum Gasteiger partial charge on any atom is -0.395 e. The highest BCUT2D eigenvalue weighted by molar-refractivity contribution is 4.82. The van der Waals surface area contributed by atoms with E-state index >= 15 is 0 Å². The van der Waals surface area contributed by atoms with Crippen LogP contribution in [0.5, 0.6) is 0 Å². The lowest BCUT2D eigenvalue weighted by atomic mass is 9.89. The molecule has 0 heterocycles. The number of rotatable bonds is 5. The molecule has 15 heavy (non-hydrogen) atoms. The van der Waals surface area contributed by atoms with Crippen molar-refractivity contribution >= 4 is 0 Å². The van der Waals surface area contributed by atoms with Crippen LogP contribution in [0, 0.1) is 0 Å². The van der Waals surface area contributed by atoms with Crippen molar-refractivity contribution in [2.45, 2.75) is 44.7 Å². The summed E-state index contributed by atoms with van der Waals surface area (Å²) in [5, 5.41) is 8.99. The van der Waals surface area contributed by atoms with E-state index in [1.807, 2.05) is 0 Å². The molecule has 1 rings (SSSR count). The first kappa shape index (κ1) is 12.9. The predicted octanol–water partition coefficient (Wildman–Crippen LogP) is 1.17. The number of hydrogen-bond acceptors (Lipinski definition) is 3. The topological polar surface area (TPSA) is 26.7 Å². The fourth-order valence-corrected chi connectivity index (χ4v) is 2.67. The van der Waals surface area contributed by atoms with Gasteiger partial charge in [0.05, 0.1) is 6.61 Å². The summed E-state index contributed by atoms with van der Waals surface area (Å²) >= 11 is 0. The molecule has 0 bridgehead atoms. The Morgan fingerprint density at radius 3 is 2.00 bits per heavy atom. The quantitative estimate of drug-likeness (QED) is 0.744. The van der Waals surface area contributed by atoms with Crippen molar-refractivity contribution in [1.29, 1.82) is 0 Å². The minimum absolute atomic E-state index is 0.293. The molecule has 0 atom stereocenters. The Kier molecular flexibility index (Phi) is 5.58. The van der Waals surface area contributed by atoms with E-state index in [0.717, 1.165) is 19.1 Å². The molecule has 0 aliphatic heterocycles. The Morgan fingerprint density at radius 2 is 1.60 bits per heavy atom. The van der Waals surface area contributed by atoms with Crippen LogP contribution in [0.1, 0.15) is 32.6 Å². The van der Waals surface area contributed by atoms with Crippen molar-refractivity contribution < 1.29 is 5.11 Å². The third kappa shape index (κ3) is 3.74. The molecule has 1 N–H and O–H groups in total. The van der Waals surface area contributed by atoms with E-state index in [-0.39, 0.29) is 0 Å². The first-order chi connectivity index (χ1) is 7.19. The van der Waals surface area contributed by atoms with Gasteiger partial charge in [0, 0.05) is 18.6 Å². The molecule has 3 heteroatoms. The van der Waals surface area contributed by atoms with Crippen LogP contribution in [0.25, 0.3) is 0 Å². The van der Waals surface area contributed by atoms with Gasteiger partial charge in [-0.15, -0.1) is 0 Å². The van der Waals surface area contributed by atoms with Gasteiger partial charge >= 0.3 is 0 Å². The van der Waals surface area contributed by atoms with Gasteiger partial charge in [-0.2, -0.15) is 0 Å². The molecule has 0 aromatic heterocycles. The van der Waals surface area contributed by atoms with Gasteiger partial charge in [-0.25, -0.2) is 0 Å². The second-order valence-corrected chi connectivity index (χ2v) is 4.78. The first-order valence-electron chi connectivity index (χ1n) is 6.20. The normalized spacial score (nSPS) is 27.6. The zero-order valence-electron chi connectivity index (χ0n) is 10.4. The second kappa shape index (κ2) is 6.46. The molecule has 0 aromatic rings. The van der Waals surface area contributed by atoms with E-state index in [0.29, 0.717) is 12.6 Å². The molecule has 0 aromatic carbocycles. The van der Waals surface area contributed by atoms with Crippen LogP contribution in [0.3, 0.4) is 0 Å². The number of hydrogen-bond donors (Lipinski definition) is 1. The summed E-state index contributed by atoms with van der Waals surface area (Å²) in [7, 11) is 4.35. The first-order valence-corrected chi connectivity index (χ1v) is 6.20. The monoisotopic (exact) mass is 214 g/mol. The fraction of sp³-hybridized carbons (Fsp3) is 1.00. The largest absolute Gasteiger partial charge is 0.395 e. The molecule has 3 nitrogen and oxygen atoms in total. The van der Waals surface area contributed by atoms with Crippen molar-refractivity contribution in [3.05, 3.63) is 0 Å². The maximum atomic E-state index is 8.99. The van der Waals surface area contributed by atoms with Crippen molar-refractivity contribution in [3.63, 3.8) is 0 Å². The van der Waals surface area contributed by atoms with E-state index in [1.54, 1.807) is 0 Å². The standard InChI is InChI=1S/C12H26N2O/c1-4-14(9-10-15)12-7-5-11(6-8-12)13(2)3/h11-12,15H,4-10H2,1-3H3. The maximum absolute atomic E-state index is 8.99. The van der Waals surface area contributed by atoms with Crippen molar-refractivity contribution in [2.24, 2.45) is 0 Å². The van der Waals surface area contributed by atoms with E-state index in [4.69, 9.17) is 5.11 Å². The Morgan fingerprint density at radius 1 is 1.07 bits per heavy atom.